The molecule has 0 bridgehead atoms. The molecular formula is C13H18ClFN2. The average molecular weight is 257 g/mol. The third kappa shape index (κ3) is 2.72. The van der Waals surface area contributed by atoms with E-state index in [9.17, 15) is 4.39 Å². The van der Waals surface area contributed by atoms with Crippen LogP contribution < -0.4 is 10.2 Å². The van der Waals surface area contributed by atoms with Crippen molar-refractivity contribution >= 4 is 17.3 Å². The molecule has 2 rings (SSSR count). The van der Waals surface area contributed by atoms with E-state index >= 15 is 0 Å². The monoisotopic (exact) mass is 256 g/mol. The van der Waals surface area contributed by atoms with Crippen LogP contribution >= 0.6 is 11.6 Å². The van der Waals surface area contributed by atoms with Crippen molar-refractivity contribution in [3.05, 3.63) is 29.0 Å². The summed E-state index contributed by atoms with van der Waals surface area (Å²) in [7, 11) is 0. The van der Waals surface area contributed by atoms with Gasteiger partial charge < -0.3 is 10.2 Å². The largest absolute Gasteiger partial charge is 0.367 e. The van der Waals surface area contributed by atoms with Gasteiger partial charge >= 0.3 is 0 Å². The zero-order valence-electron chi connectivity index (χ0n) is 10.3. The third-order valence-electron chi connectivity index (χ3n) is 3.50. The van der Waals surface area contributed by atoms with Crippen LogP contribution in [0.3, 0.4) is 0 Å². The molecule has 1 fully saturated rings. The quantitative estimate of drug-likeness (QED) is 0.875. The van der Waals surface area contributed by atoms with Crippen molar-refractivity contribution in [3.63, 3.8) is 0 Å². The smallest absolute Gasteiger partial charge is 0.125 e. The van der Waals surface area contributed by atoms with E-state index in [-0.39, 0.29) is 11.4 Å². The van der Waals surface area contributed by atoms with Gasteiger partial charge in [0.15, 0.2) is 0 Å². The molecule has 1 N–H and O–H groups in total. The molecule has 0 saturated carbocycles. The molecule has 1 aliphatic heterocycles. The van der Waals surface area contributed by atoms with Crippen molar-refractivity contribution in [3.8, 4) is 0 Å². The predicted octanol–water partition coefficient (Wildman–Crippen LogP) is 3.06. The van der Waals surface area contributed by atoms with Crippen LogP contribution in [0.5, 0.6) is 0 Å². The second-order valence-electron chi connectivity index (χ2n) is 4.86. The Morgan fingerprint density at radius 3 is 3.00 bits per heavy atom. The van der Waals surface area contributed by atoms with Crippen LogP contribution in [-0.2, 0) is 0 Å². The number of nitrogens with one attached hydrogen (secondary N) is 1. The van der Waals surface area contributed by atoms with E-state index in [2.05, 4.69) is 24.1 Å². The van der Waals surface area contributed by atoms with E-state index in [1.807, 2.05) is 0 Å². The maximum Gasteiger partial charge on any atom is 0.125 e. The third-order valence-corrected chi connectivity index (χ3v) is 3.82. The molecule has 1 saturated heterocycles. The van der Waals surface area contributed by atoms with Gasteiger partial charge in [-0.15, -0.1) is 0 Å². The summed E-state index contributed by atoms with van der Waals surface area (Å²) in [5, 5.41) is 4.12. The van der Waals surface area contributed by atoms with Crippen molar-refractivity contribution in [2.75, 3.05) is 24.5 Å². The fourth-order valence-electron chi connectivity index (χ4n) is 2.22. The molecule has 1 aromatic carbocycles. The van der Waals surface area contributed by atoms with Gasteiger partial charge in [-0.1, -0.05) is 18.5 Å². The van der Waals surface area contributed by atoms with Gasteiger partial charge in [0.25, 0.3) is 0 Å². The van der Waals surface area contributed by atoms with Crippen molar-refractivity contribution in [2.45, 2.75) is 25.8 Å². The van der Waals surface area contributed by atoms with Crippen LogP contribution in [0, 0.1) is 5.82 Å². The highest BCUT2D eigenvalue weighted by Gasteiger charge is 2.29. The number of anilines is 1. The molecule has 1 aromatic rings. The number of piperazine rings is 1. The van der Waals surface area contributed by atoms with Gasteiger partial charge in [0, 0.05) is 25.2 Å². The summed E-state index contributed by atoms with van der Waals surface area (Å²) in [6, 6.07) is 4.54. The molecule has 1 heterocycles. The molecule has 1 unspecified atom stereocenters. The molecule has 0 aliphatic carbocycles. The van der Waals surface area contributed by atoms with Crippen LogP contribution in [0.1, 0.15) is 20.3 Å². The van der Waals surface area contributed by atoms with Gasteiger partial charge in [0.2, 0.25) is 0 Å². The van der Waals surface area contributed by atoms with Gasteiger partial charge in [0.05, 0.1) is 10.7 Å². The lowest BCUT2D eigenvalue weighted by molar-refractivity contribution is 0.314. The van der Waals surface area contributed by atoms with Crippen molar-refractivity contribution < 1.29 is 4.39 Å². The van der Waals surface area contributed by atoms with E-state index in [4.69, 9.17) is 11.6 Å². The Kier molecular flexibility index (Phi) is 3.59. The lowest BCUT2D eigenvalue weighted by Crippen LogP contribution is -2.58. The van der Waals surface area contributed by atoms with Gasteiger partial charge in [-0.2, -0.15) is 0 Å². The van der Waals surface area contributed by atoms with Crippen LogP contribution in [0.25, 0.3) is 0 Å². The first-order valence-corrected chi connectivity index (χ1v) is 6.37. The molecular weight excluding hydrogens is 239 g/mol. The number of hydrogen-bond donors (Lipinski definition) is 1. The molecule has 17 heavy (non-hydrogen) atoms. The molecule has 0 spiro atoms. The maximum absolute atomic E-state index is 13.3. The fraction of sp³-hybridized carbons (Fsp3) is 0.538. The predicted molar refractivity (Wildman–Crippen MR) is 70.3 cm³/mol. The van der Waals surface area contributed by atoms with E-state index in [1.165, 1.54) is 12.1 Å². The summed E-state index contributed by atoms with van der Waals surface area (Å²) in [5.74, 6) is -0.235. The normalized spacial score (nSPS) is 25.1. The first kappa shape index (κ1) is 12.7. The zero-order valence-corrected chi connectivity index (χ0v) is 11.0. The highest BCUT2D eigenvalue weighted by atomic mass is 35.5. The Morgan fingerprint density at radius 1 is 1.53 bits per heavy atom. The minimum Gasteiger partial charge on any atom is -0.367 e. The van der Waals surface area contributed by atoms with Crippen LogP contribution in [0.2, 0.25) is 5.02 Å². The van der Waals surface area contributed by atoms with E-state index in [0.29, 0.717) is 5.02 Å². The summed E-state index contributed by atoms with van der Waals surface area (Å²) in [6.07, 6.45) is 1.04. The number of halogens is 2. The van der Waals surface area contributed by atoms with Crippen molar-refractivity contribution in [2.24, 2.45) is 0 Å². The minimum absolute atomic E-state index is 0.0773. The number of benzene rings is 1. The fourth-order valence-corrected chi connectivity index (χ4v) is 2.46. The number of rotatable bonds is 2. The summed E-state index contributed by atoms with van der Waals surface area (Å²) in [4.78, 5) is 2.16. The molecule has 1 atom stereocenters. The highest BCUT2D eigenvalue weighted by molar-refractivity contribution is 6.33. The minimum atomic E-state index is -0.235. The summed E-state index contributed by atoms with van der Waals surface area (Å²) >= 11 is 6.14. The number of nitrogens with zero attached hydrogens (tertiary/aromatic N) is 1. The first-order valence-electron chi connectivity index (χ1n) is 5.99. The summed E-state index contributed by atoms with van der Waals surface area (Å²) < 4.78 is 13.3. The van der Waals surface area contributed by atoms with Crippen LogP contribution in [0.15, 0.2) is 18.2 Å². The second-order valence-corrected chi connectivity index (χ2v) is 5.27. The summed E-state index contributed by atoms with van der Waals surface area (Å²) in [6.45, 7) is 6.96. The van der Waals surface area contributed by atoms with Gasteiger partial charge in [0.1, 0.15) is 5.82 Å². The molecule has 0 aromatic heterocycles. The molecule has 1 aliphatic rings. The van der Waals surface area contributed by atoms with Crippen LogP contribution in [0.4, 0.5) is 10.1 Å². The van der Waals surface area contributed by atoms with E-state index in [1.54, 1.807) is 6.07 Å². The van der Waals surface area contributed by atoms with E-state index in [0.717, 1.165) is 31.7 Å². The van der Waals surface area contributed by atoms with E-state index < -0.39 is 0 Å². The molecule has 4 heteroatoms. The van der Waals surface area contributed by atoms with Gasteiger partial charge in [-0.05, 0) is 31.5 Å². The Hall–Kier alpha value is -0.800. The number of hydrogen-bond acceptors (Lipinski definition) is 2. The van der Waals surface area contributed by atoms with Crippen LogP contribution in [-0.4, -0.2) is 25.2 Å². The van der Waals surface area contributed by atoms with Crippen molar-refractivity contribution in [1.29, 1.82) is 0 Å². The lowest BCUT2D eigenvalue weighted by atomic mass is 9.95. The summed E-state index contributed by atoms with van der Waals surface area (Å²) in [5.41, 5.74) is 0.876. The zero-order chi connectivity index (χ0) is 12.5. The highest BCUT2D eigenvalue weighted by Crippen LogP contribution is 2.29. The first-order chi connectivity index (χ1) is 8.04. The van der Waals surface area contributed by atoms with Gasteiger partial charge in [-0.3, -0.25) is 0 Å². The molecule has 94 valence electrons. The molecule has 0 radical (unpaired) electrons. The SMILES string of the molecule is CCC1(C)CN(c2cc(F)ccc2Cl)CCN1. The Labute approximate surface area is 107 Å². The van der Waals surface area contributed by atoms with Gasteiger partial charge in [-0.25, -0.2) is 4.39 Å². The lowest BCUT2D eigenvalue weighted by Gasteiger charge is -2.42. The topological polar surface area (TPSA) is 15.3 Å². The molecule has 0 amide bonds. The Morgan fingerprint density at radius 2 is 2.29 bits per heavy atom. The average Bonchev–Trinajstić information content (AvgIpc) is 2.32. The second kappa shape index (κ2) is 4.83. The maximum atomic E-state index is 13.3. The Balaban J connectivity index is 2.24. The molecule has 2 nitrogen and oxygen atoms in total. The Bertz CT molecular complexity index is 410. The standard InChI is InChI=1S/C13H18ClFN2/c1-3-13(2)9-17(7-6-16-13)12-8-10(15)4-5-11(12)14/h4-5,8,16H,3,6-7,9H2,1-2H3. The van der Waals surface area contributed by atoms with Crippen molar-refractivity contribution in [1.82, 2.24) is 5.32 Å².